The Kier molecular flexibility index (Phi) is 3.78. The molecule has 0 atom stereocenters. The molecule has 2 rings (SSSR count). The van der Waals surface area contributed by atoms with Crippen molar-refractivity contribution in [2.24, 2.45) is 5.84 Å². The van der Waals surface area contributed by atoms with E-state index in [0.717, 1.165) is 11.3 Å². The molecule has 0 amide bonds. The molecule has 0 aliphatic rings. The van der Waals surface area contributed by atoms with Crippen LogP contribution in [0.5, 0.6) is 0 Å². The summed E-state index contributed by atoms with van der Waals surface area (Å²) in [6, 6.07) is 4.36. The summed E-state index contributed by atoms with van der Waals surface area (Å²) in [5.74, 6) is 5.25. The van der Waals surface area contributed by atoms with Gasteiger partial charge in [-0.05, 0) is 6.07 Å². The van der Waals surface area contributed by atoms with Crippen LogP contribution >= 0.6 is 11.3 Å². The Morgan fingerprint density at radius 3 is 2.68 bits per heavy atom. The molecule has 9 heteroatoms. The number of anilines is 2. The van der Waals surface area contributed by atoms with Gasteiger partial charge in [0.1, 0.15) is 0 Å². The quantitative estimate of drug-likeness (QED) is 0.371. The maximum atomic E-state index is 11.0. The minimum absolute atomic E-state index is 0.0724. The highest BCUT2D eigenvalue weighted by Gasteiger charge is 2.09. The molecule has 0 fully saturated rings. The Labute approximate surface area is 111 Å². The summed E-state index contributed by atoms with van der Waals surface area (Å²) in [5.41, 5.74) is 3.97. The fourth-order valence-corrected chi connectivity index (χ4v) is 2.08. The van der Waals surface area contributed by atoms with Gasteiger partial charge in [0.15, 0.2) is 0 Å². The van der Waals surface area contributed by atoms with E-state index < -0.39 is 4.92 Å². The van der Waals surface area contributed by atoms with Crippen molar-refractivity contribution in [3.8, 4) is 0 Å². The molecule has 0 saturated carbocycles. The molecule has 1 aromatic heterocycles. The zero-order valence-corrected chi connectivity index (χ0v) is 10.5. The van der Waals surface area contributed by atoms with Gasteiger partial charge in [0.25, 0.3) is 5.69 Å². The highest BCUT2D eigenvalue weighted by molar-refractivity contribution is 7.07. The van der Waals surface area contributed by atoms with Crippen LogP contribution in [-0.2, 0) is 6.54 Å². The Bertz CT molecular complexity index is 651. The van der Waals surface area contributed by atoms with Crippen LogP contribution in [0, 0.1) is 10.1 Å². The minimum atomic E-state index is -0.502. The fraction of sp³-hybridized carbons (Fsp3) is 0.100. The van der Waals surface area contributed by atoms with E-state index >= 15 is 0 Å². The maximum absolute atomic E-state index is 11.0. The molecule has 0 aliphatic carbocycles. The van der Waals surface area contributed by atoms with E-state index in [1.54, 1.807) is 11.4 Å². The number of non-ortho nitro benzene ring substituents is 1. The SMILES string of the molecule is NNc1cc(NCc2csc(=O)[nH]2)cc([N+](=O)[O-])c1. The van der Waals surface area contributed by atoms with Crippen LogP contribution in [0.15, 0.2) is 28.4 Å². The normalized spacial score (nSPS) is 10.2. The van der Waals surface area contributed by atoms with Crippen molar-refractivity contribution in [2.75, 3.05) is 10.7 Å². The van der Waals surface area contributed by atoms with Crippen molar-refractivity contribution < 1.29 is 4.92 Å². The first-order valence-corrected chi connectivity index (χ1v) is 6.13. The van der Waals surface area contributed by atoms with Crippen LogP contribution in [0.1, 0.15) is 5.69 Å². The van der Waals surface area contributed by atoms with Gasteiger partial charge in [-0.1, -0.05) is 11.3 Å². The van der Waals surface area contributed by atoms with Crippen molar-refractivity contribution in [1.29, 1.82) is 0 Å². The molecule has 0 unspecified atom stereocenters. The number of nitro groups is 1. The lowest BCUT2D eigenvalue weighted by Gasteiger charge is -2.07. The van der Waals surface area contributed by atoms with Crippen LogP contribution in [0.2, 0.25) is 0 Å². The monoisotopic (exact) mass is 281 g/mol. The number of nitrogens with two attached hydrogens (primary N) is 1. The van der Waals surface area contributed by atoms with Gasteiger partial charge >= 0.3 is 4.87 Å². The summed E-state index contributed by atoms with van der Waals surface area (Å²) in [7, 11) is 0. The lowest BCUT2D eigenvalue weighted by atomic mass is 10.2. The number of nitro benzene ring substituents is 1. The molecule has 1 aromatic carbocycles. The van der Waals surface area contributed by atoms with Crippen LogP contribution in [0.4, 0.5) is 17.1 Å². The Balaban J connectivity index is 2.17. The van der Waals surface area contributed by atoms with E-state index in [4.69, 9.17) is 5.84 Å². The van der Waals surface area contributed by atoms with Gasteiger partial charge in [-0.2, -0.15) is 0 Å². The number of nitrogens with one attached hydrogen (secondary N) is 3. The van der Waals surface area contributed by atoms with E-state index in [0.29, 0.717) is 23.6 Å². The second-order valence-electron chi connectivity index (χ2n) is 3.70. The summed E-state index contributed by atoms with van der Waals surface area (Å²) in [4.78, 5) is 23.7. The second-order valence-corrected chi connectivity index (χ2v) is 4.54. The first kappa shape index (κ1) is 13.1. The number of benzene rings is 1. The van der Waals surface area contributed by atoms with Crippen molar-refractivity contribution in [1.82, 2.24) is 4.98 Å². The van der Waals surface area contributed by atoms with E-state index in [2.05, 4.69) is 15.7 Å². The summed E-state index contributed by atoms with van der Waals surface area (Å²) in [6.45, 7) is 0.365. The van der Waals surface area contributed by atoms with Crippen molar-refractivity contribution in [3.05, 3.63) is 49.1 Å². The van der Waals surface area contributed by atoms with Crippen molar-refractivity contribution in [3.63, 3.8) is 0 Å². The van der Waals surface area contributed by atoms with Gasteiger partial charge in [0.2, 0.25) is 0 Å². The molecule has 0 saturated heterocycles. The lowest BCUT2D eigenvalue weighted by molar-refractivity contribution is -0.384. The molecule has 2 aromatic rings. The average molecular weight is 281 g/mol. The highest BCUT2D eigenvalue weighted by atomic mass is 32.1. The van der Waals surface area contributed by atoms with Gasteiger partial charge in [-0.3, -0.25) is 20.8 Å². The molecular weight excluding hydrogens is 270 g/mol. The van der Waals surface area contributed by atoms with Gasteiger partial charge in [-0.25, -0.2) is 0 Å². The Hall–Kier alpha value is -2.39. The van der Waals surface area contributed by atoms with E-state index in [-0.39, 0.29) is 10.6 Å². The van der Waals surface area contributed by atoms with Crippen molar-refractivity contribution in [2.45, 2.75) is 6.54 Å². The van der Waals surface area contributed by atoms with Gasteiger partial charge in [-0.15, -0.1) is 0 Å². The summed E-state index contributed by atoms with van der Waals surface area (Å²) < 4.78 is 0. The van der Waals surface area contributed by atoms with Gasteiger partial charge in [0.05, 0.1) is 17.2 Å². The minimum Gasteiger partial charge on any atom is -0.379 e. The molecule has 0 radical (unpaired) electrons. The third-order valence-electron chi connectivity index (χ3n) is 2.35. The Morgan fingerprint density at radius 2 is 2.11 bits per heavy atom. The third kappa shape index (κ3) is 3.30. The van der Waals surface area contributed by atoms with Gasteiger partial charge in [0, 0.05) is 28.9 Å². The van der Waals surface area contributed by atoms with Crippen LogP contribution in [-0.4, -0.2) is 9.91 Å². The summed E-state index contributed by atoms with van der Waals surface area (Å²) in [5, 5.41) is 15.4. The van der Waals surface area contributed by atoms with Crippen LogP contribution in [0.25, 0.3) is 0 Å². The number of hydrogen-bond donors (Lipinski definition) is 4. The lowest BCUT2D eigenvalue weighted by Crippen LogP contribution is -2.08. The molecule has 5 N–H and O–H groups in total. The number of aromatic amines is 1. The zero-order chi connectivity index (χ0) is 13.8. The molecule has 0 spiro atoms. The second kappa shape index (κ2) is 5.50. The number of rotatable bonds is 5. The van der Waals surface area contributed by atoms with Crippen LogP contribution in [0.3, 0.4) is 0 Å². The van der Waals surface area contributed by atoms with E-state index in [1.807, 2.05) is 0 Å². The van der Waals surface area contributed by atoms with Crippen molar-refractivity contribution >= 4 is 28.4 Å². The highest BCUT2D eigenvalue weighted by Crippen LogP contribution is 2.24. The first-order chi connectivity index (χ1) is 9.08. The number of nitrogen functional groups attached to an aromatic ring is 1. The van der Waals surface area contributed by atoms with Crippen LogP contribution < -0.4 is 21.5 Å². The number of hydrazine groups is 1. The summed E-state index contributed by atoms with van der Waals surface area (Å²) in [6.07, 6.45) is 0. The largest absolute Gasteiger partial charge is 0.379 e. The topological polar surface area (TPSA) is 126 Å². The predicted molar refractivity (Wildman–Crippen MR) is 73.2 cm³/mol. The average Bonchev–Trinajstić information content (AvgIpc) is 2.81. The predicted octanol–water partition coefficient (Wildman–Crippen LogP) is 1.24. The Morgan fingerprint density at radius 1 is 1.37 bits per heavy atom. The van der Waals surface area contributed by atoms with E-state index in [1.165, 1.54) is 12.1 Å². The molecule has 8 nitrogen and oxygen atoms in total. The van der Waals surface area contributed by atoms with E-state index in [9.17, 15) is 14.9 Å². The molecule has 19 heavy (non-hydrogen) atoms. The number of H-pyrrole nitrogens is 1. The number of hydrogen-bond acceptors (Lipinski definition) is 7. The van der Waals surface area contributed by atoms with Gasteiger partial charge < -0.3 is 15.7 Å². The molecule has 0 bridgehead atoms. The third-order valence-corrected chi connectivity index (χ3v) is 3.07. The molecular formula is C10H11N5O3S. The molecule has 100 valence electrons. The summed E-state index contributed by atoms with van der Waals surface area (Å²) >= 11 is 1.06. The number of thiazole rings is 1. The maximum Gasteiger partial charge on any atom is 0.304 e. The fourth-order valence-electron chi connectivity index (χ4n) is 1.50. The standard InChI is InChI=1S/C10H11N5O3S/c11-14-7-1-6(2-9(3-7)15(17)18)12-4-8-5-19-10(16)13-8/h1-3,5,12,14H,4,11H2,(H,13,16). The molecule has 1 heterocycles. The molecule has 0 aliphatic heterocycles. The smallest absolute Gasteiger partial charge is 0.304 e. The zero-order valence-electron chi connectivity index (χ0n) is 9.67. The first-order valence-electron chi connectivity index (χ1n) is 5.25. The number of nitrogens with zero attached hydrogens (tertiary/aromatic N) is 1. The number of aromatic nitrogens is 1.